The largest absolute Gasteiger partial charge is 0.477 e. The second-order valence-electron chi connectivity index (χ2n) is 16.2. The molecular formula is C50H57ClF2N6O8. The molecule has 0 saturated carbocycles. The highest BCUT2D eigenvalue weighted by atomic mass is 35.5. The summed E-state index contributed by atoms with van der Waals surface area (Å²) < 4.78 is 43.0. The summed E-state index contributed by atoms with van der Waals surface area (Å²) in [6, 6.07) is 22.1. The number of halogens is 3. The number of rotatable bonds is 13. The summed E-state index contributed by atoms with van der Waals surface area (Å²) in [6.07, 6.45) is 2.66. The van der Waals surface area contributed by atoms with Crippen LogP contribution < -0.4 is 26.0 Å². The van der Waals surface area contributed by atoms with Gasteiger partial charge >= 0.3 is 11.9 Å². The van der Waals surface area contributed by atoms with Crippen molar-refractivity contribution in [2.24, 2.45) is 0 Å². The van der Waals surface area contributed by atoms with E-state index in [1.807, 2.05) is 47.9 Å². The van der Waals surface area contributed by atoms with Crippen molar-refractivity contribution in [2.45, 2.75) is 52.6 Å². The highest BCUT2D eigenvalue weighted by molar-refractivity contribution is 6.17. The van der Waals surface area contributed by atoms with E-state index in [0.717, 1.165) is 49.9 Å². The van der Waals surface area contributed by atoms with Gasteiger partial charge in [-0.2, -0.15) is 0 Å². The first-order valence-corrected chi connectivity index (χ1v) is 22.7. The number of aromatic nitrogens is 2. The first-order valence-electron chi connectivity index (χ1n) is 22.1. The van der Waals surface area contributed by atoms with Crippen LogP contribution in [-0.4, -0.2) is 103 Å². The maximum atomic E-state index is 15.0. The third kappa shape index (κ3) is 12.2. The average Bonchev–Trinajstić information content (AvgIpc) is 3.33. The molecule has 0 unspecified atom stereocenters. The minimum atomic E-state index is -1.31. The van der Waals surface area contributed by atoms with Gasteiger partial charge in [-0.15, -0.1) is 11.6 Å². The summed E-state index contributed by atoms with van der Waals surface area (Å²) in [5.41, 5.74) is 4.68. The highest BCUT2D eigenvalue weighted by Gasteiger charge is 2.24. The van der Waals surface area contributed by atoms with Crippen molar-refractivity contribution < 1.29 is 38.1 Å². The molecule has 2 aliphatic rings. The number of piperazine rings is 2. The third-order valence-electron chi connectivity index (χ3n) is 11.8. The van der Waals surface area contributed by atoms with E-state index in [0.29, 0.717) is 80.8 Å². The van der Waals surface area contributed by atoms with Crippen LogP contribution in [0.5, 0.6) is 0 Å². The number of pyridine rings is 2. The summed E-state index contributed by atoms with van der Waals surface area (Å²) in [5.74, 6) is -3.04. The average molecular weight is 943 g/mol. The summed E-state index contributed by atoms with van der Waals surface area (Å²) in [6.45, 7) is 12.6. The molecule has 14 nitrogen and oxygen atoms in total. The van der Waals surface area contributed by atoms with Gasteiger partial charge in [-0.1, -0.05) is 48.5 Å². The lowest BCUT2D eigenvalue weighted by Crippen LogP contribution is -2.46. The number of nitrogens with zero attached hydrogens (tertiary/aromatic N) is 5. The summed E-state index contributed by atoms with van der Waals surface area (Å²) in [4.78, 5) is 53.7. The van der Waals surface area contributed by atoms with E-state index in [2.05, 4.69) is 34.5 Å². The van der Waals surface area contributed by atoms with Crippen LogP contribution in [0.3, 0.4) is 0 Å². The molecule has 2 aliphatic heterocycles. The Morgan fingerprint density at radius 2 is 1.03 bits per heavy atom. The fourth-order valence-electron chi connectivity index (χ4n) is 8.22. The van der Waals surface area contributed by atoms with Crippen LogP contribution in [0.4, 0.5) is 20.2 Å². The lowest BCUT2D eigenvalue weighted by molar-refractivity contribution is 0.0684. The van der Waals surface area contributed by atoms with Crippen molar-refractivity contribution in [1.29, 1.82) is 0 Å². The standard InChI is InChI=1S/C25H28FN3O4.C16H18FN3O3.C9H11ClO/c1-3-28-15-20(25(31)32)24(30)19-12-21(26)23(13-22(19)28)29-10-8-27(9-11-29)14-17-4-6-18(7-5-17)16-33-2;1-2-19-9-11(16(22)23)15(21)10-7-12(17)14(8-13(10)19)20-5-3-18-4-6-20;1-11-7-9-4-2-8(6-10)3-5-9/h4-7,12-13,15H,3,8-11,14,16H2,1-2H3,(H,31,32);7-9,18H,2-6H2,1H3,(H,22,23);2-5H,6-7H2,1H3. The number of benzene rings is 4. The fraction of sp³-hybridized carbons (Fsp3) is 0.360. The zero-order chi connectivity index (χ0) is 48.2. The van der Waals surface area contributed by atoms with Crippen LogP contribution in [0.1, 0.15) is 56.8 Å². The Bertz CT molecular complexity index is 2790. The SMILES string of the molecule is CCn1cc(C(=O)O)c(=O)c2cc(F)c(N3CCN(Cc4ccc(COC)cc4)CC3)cc21.CCn1cc(C(=O)O)c(=O)c2cc(F)c(N3CCNCC3)cc21.COCc1ccc(CCl)cc1. The molecule has 2 saturated heterocycles. The molecule has 8 rings (SSSR count). The molecule has 3 N–H and O–H groups in total. The third-order valence-corrected chi connectivity index (χ3v) is 12.1. The first kappa shape index (κ1) is 50.2. The lowest BCUT2D eigenvalue weighted by Gasteiger charge is -2.36. The van der Waals surface area contributed by atoms with E-state index in [1.54, 1.807) is 35.5 Å². The Balaban J connectivity index is 0.000000188. The molecule has 0 amide bonds. The molecule has 17 heteroatoms. The second-order valence-corrected chi connectivity index (χ2v) is 16.5. The predicted molar refractivity (Wildman–Crippen MR) is 258 cm³/mol. The van der Waals surface area contributed by atoms with Crippen molar-refractivity contribution in [2.75, 3.05) is 76.4 Å². The van der Waals surface area contributed by atoms with Crippen LogP contribution in [0.2, 0.25) is 0 Å². The summed E-state index contributed by atoms with van der Waals surface area (Å²) >= 11 is 5.63. The number of hydrogen-bond acceptors (Lipinski definition) is 10. The van der Waals surface area contributed by atoms with Gasteiger partial charge in [0, 0.05) is 115 Å². The number of hydrogen-bond donors (Lipinski definition) is 3. The van der Waals surface area contributed by atoms with Crippen LogP contribution in [0.15, 0.2) is 94.8 Å². The Morgan fingerprint density at radius 1 is 0.627 bits per heavy atom. The van der Waals surface area contributed by atoms with Crippen molar-refractivity contribution in [3.63, 3.8) is 0 Å². The van der Waals surface area contributed by atoms with Gasteiger partial charge in [0.1, 0.15) is 22.8 Å². The first-order chi connectivity index (χ1) is 32.3. The molecule has 4 heterocycles. The molecule has 0 radical (unpaired) electrons. The maximum Gasteiger partial charge on any atom is 0.341 e. The summed E-state index contributed by atoms with van der Waals surface area (Å²) in [7, 11) is 3.37. The van der Waals surface area contributed by atoms with Gasteiger partial charge in [0.15, 0.2) is 0 Å². The van der Waals surface area contributed by atoms with Crippen molar-refractivity contribution in [1.82, 2.24) is 19.4 Å². The van der Waals surface area contributed by atoms with Gasteiger partial charge in [-0.05, 0) is 60.4 Å². The normalized spacial score (nSPS) is 14.1. The molecule has 356 valence electrons. The molecule has 6 aromatic rings. The topological polar surface area (TPSA) is 159 Å². The van der Waals surface area contributed by atoms with Crippen LogP contribution in [0.25, 0.3) is 21.8 Å². The van der Waals surface area contributed by atoms with Gasteiger partial charge in [0.25, 0.3) is 0 Å². The number of methoxy groups -OCH3 is 2. The fourth-order valence-corrected chi connectivity index (χ4v) is 8.40. The van der Waals surface area contributed by atoms with E-state index in [-0.39, 0.29) is 21.9 Å². The molecule has 0 atom stereocenters. The van der Waals surface area contributed by atoms with E-state index < -0.39 is 34.4 Å². The van der Waals surface area contributed by atoms with Gasteiger partial charge in [-0.25, -0.2) is 18.4 Å². The minimum Gasteiger partial charge on any atom is -0.477 e. The van der Waals surface area contributed by atoms with Crippen LogP contribution >= 0.6 is 11.6 Å². The smallest absolute Gasteiger partial charge is 0.341 e. The quantitative estimate of drug-likeness (QED) is 0.101. The van der Waals surface area contributed by atoms with Crippen molar-refractivity contribution in [3.8, 4) is 0 Å². The van der Waals surface area contributed by atoms with E-state index >= 15 is 4.39 Å². The molecule has 0 aliphatic carbocycles. The molecule has 2 fully saturated rings. The van der Waals surface area contributed by atoms with Gasteiger partial charge in [0.2, 0.25) is 10.9 Å². The van der Waals surface area contributed by atoms with Crippen molar-refractivity contribution in [3.05, 3.63) is 151 Å². The van der Waals surface area contributed by atoms with Crippen LogP contribution in [0, 0.1) is 11.6 Å². The molecule has 0 bridgehead atoms. The molecule has 2 aromatic heterocycles. The van der Waals surface area contributed by atoms with Gasteiger partial charge in [-0.3, -0.25) is 14.5 Å². The number of nitrogens with one attached hydrogen (secondary N) is 1. The number of ether oxygens (including phenoxy) is 2. The molecule has 4 aromatic carbocycles. The Kier molecular flexibility index (Phi) is 17.6. The number of aromatic carboxylic acids is 2. The second kappa shape index (κ2) is 23.5. The van der Waals surface area contributed by atoms with Crippen molar-refractivity contribution >= 4 is 56.7 Å². The number of carbonyl (C=O) groups is 2. The van der Waals surface area contributed by atoms with Gasteiger partial charge in [0.05, 0.1) is 35.6 Å². The lowest BCUT2D eigenvalue weighted by atomic mass is 10.1. The highest BCUT2D eigenvalue weighted by Crippen LogP contribution is 2.28. The van der Waals surface area contributed by atoms with E-state index in [1.165, 1.54) is 29.6 Å². The van der Waals surface area contributed by atoms with E-state index in [4.69, 9.17) is 26.2 Å². The number of anilines is 2. The number of carboxylic acids is 2. The molecule has 67 heavy (non-hydrogen) atoms. The maximum absolute atomic E-state index is 15.0. The molecule has 0 spiro atoms. The zero-order valence-corrected chi connectivity index (χ0v) is 39.0. The Labute approximate surface area is 392 Å². The monoisotopic (exact) mass is 942 g/mol. The summed E-state index contributed by atoms with van der Waals surface area (Å²) in [5, 5.41) is 21.9. The number of fused-ring (bicyclic) bond motifs is 2. The van der Waals surface area contributed by atoms with Gasteiger partial charge < -0.3 is 43.9 Å². The minimum absolute atomic E-state index is 0.0913. The van der Waals surface area contributed by atoms with Crippen LogP contribution in [-0.2, 0) is 48.2 Å². The van der Waals surface area contributed by atoms with E-state index in [9.17, 15) is 28.7 Å². The number of aryl methyl sites for hydroxylation is 2. The zero-order valence-electron chi connectivity index (χ0n) is 38.2. The number of carboxylic acid groups (broad SMARTS) is 2. The Morgan fingerprint density at radius 3 is 1.42 bits per heavy atom. The molecular weight excluding hydrogens is 886 g/mol. The predicted octanol–water partition coefficient (Wildman–Crippen LogP) is 7.17. The Hall–Kier alpha value is -6.17. The number of alkyl halides is 1.